The minimum Gasteiger partial charge on any atom is -0.452 e. The number of piperidine rings is 1. The average molecular weight is 352 g/mol. The highest BCUT2D eigenvalue weighted by molar-refractivity contribution is 5.97. The Morgan fingerprint density at radius 1 is 1.12 bits per heavy atom. The molecule has 1 aliphatic heterocycles. The van der Waals surface area contributed by atoms with Crippen molar-refractivity contribution < 1.29 is 14.3 Å². The van der Waals surface area contributed by atoms with E-state index in [0.717, 1.165) is 31.6 Å². The molecule has 0 saturated carbocycles. The van der Waals surface area contributed by atoms with Crippen LogP contribution in [0.2, 0.25) is 0 Å². The molecule has 0 unspecified atom stereocenters. The number of amides is 1. The lowest BCUT2D eigenvalue weighted by Gasteiger charge is -2.30. The number of benzene rings is 2. The first kappa shape index (κ1) is 18.0. The number of anilines is 2. The van der Waals surface area contributed by atoms with E-state index in [1.807, 2.05) is 42.5 Å². The molecule has 136 valence electrons. The maximum absolute atomic E-state index is 12.5. The van der Waals surface area contributed by atoms with E-state index in [9.17, 15) is 9.59 Å². The van der Waals surface area contributed by atoms with Crippen LogP contribution < -0.4 is 5.32 Å². The van der Waals surface area contributed by atoms with Crippen molar-refractivity contribution >= 4 is 23.3 Å². The second kappa shape index (κ2) is 8.52. The molecule has 26 heavy (non-hydrogen) atoms. The number of rotatable bonds is 5. The van der Waals surface area contributed by atoms with Crippen LogP contribution >= 0.6 is 0 Å². The van der Waals surface area contributed by atoms with Gasteiger partial charge in [0.1, 0.15) is 0 Å². The van der Waals surface area contributed by atoms with Crippen LogP contribution in [0.5, 0.6) is 0 Å². The van der Waals surface area contributed by atoms with Gasteiger partial charge in [0.15, 0.2) is 6.61 Å². The van der Waals surface area contributed by atoms with Gasteiger partial charge in [0.2, 0.25) is 0 Å². The van der Waals surface area contributed by atoms with E-state index in [-0.39, 0.29) is 12.5 Å². The highest BCUT2D eigenvalue weighted by atomic mass is 16.5. The van der Waals surface area contributed by atoms with Gasteiger partial charge in [-0.1, -0.05) is 37.3 Å². The van der Waals surface area contributed by atoms with Crippen LogP contribution in [-0.2, 0) is 9.53 Å². The topological polar surface area (TPSA) is 58.6 Å². The van der Waals surface area contributed by atoms with Gasteiger partial charge in [-0.3, -0.25) is 4.79 Å². The second-order valence-corrected chi connectivity index (χ2v) is 6.70. The molecule has 0 radical (unpaired) electrons. The molecule has 1 N–H and O–H groups in total. The van der Waals surface area contributed by atoms with Gasteiger partial charge in [0.05, 0.1) is 11.3 Å². The molecular weight excluding hydrogens is 328 g/mol. The summed E-state index contributed by atoms with van der Waals surface area (Å²) < 4.78 is 5.29. The monoisotopic (exact) mass is 352 g/mol. The molecule has 2 aromatic carbocycles. The van der Waals surface area contributed by atoms with Gasteiger partial charge >= 0.3 is 5.97 Å². The molecule has 0 spiro atoms. The first-order valence-corrected chi connectivity index (χ1v) is 8.99. The summed E-state index contributed by atoms with van der Waals surface area (Å²) in [5, 5.41) is 3.21. The van der Waals surface area contributed by atoms with Crippen LogP contribution in [-0.4, -0.2) is 36.5 Å². The van der Waals surface area contributed by atoms with Crippen LogP contribution in [0.4, 0.5) is 11.4 Å². The molecule has 1 heterocycles. The molecule has 2 aromatic rings. The van der Waals surface area contributed by atoms with Gasteiger partial charge in [-0.2, -0.15) is 0 Å². The highest BCUT2D eigenvalue weighted by Gasteiger charge is 2.22. The van der Waals surface area contributed by atoms with Crippen LogP contribution in [0, 0.1) is 5.92 Å². The molecular formula is C21H24N2O3. The zero-order valence-corrected chi connectivity index (χ0v) is 15.0. The van der Waals surface area contributed by atoms with Crippen LogP contribution in [0.1, 0.15) is 30.1 Å². The predicted octanol–water partition coefficient (Wildman–Crippen LogP) is 3.85. The zero-order valence-electron chi connectivity index (χ0n) is 15.0. The first-order chi connectivity index (χ1) is 12.6. The summed E-state index contributed by atoms with van der Waals surface area (Å²) >= 11 is 0. The van der Waals surface area contributed by atoms with Gasteiger partial charge in [-0.05, 0) is 43.0 Å². The third kappa shape index (κ3) is 4.63. The Balaban J connectivity index is 1.62. The Labute approximate surface area is 154 Å². The number of ether oxygens (including phenoxy) is 1. The van der Waals surface area contributed by atoms with Crippen LogP contribution in [0.25, 0.3) is 0 Å². The summed E-state index contributed by atoms with van der Waals surface area (Å²) in [5.74, 6) is -0.125. The number of nitrogens with one attached hydrogen (secondary N) is 1. The average Bonchev–Trinajstić information content (AvgIpc) is 2.67. The Morgan fingerprint density at radius 2 is 1.85 bits per heavy atom. The van der Waals surface area contributed by atoms with Crippen molar-refractivity contribution in [3.63, 3.8) is 0 Å². The molecule has 3 rings (SSSR count). The Hall–Kier alpha value is -2.82. The van der Waals surface area contributed by atoms with Crippen molar-refractivity contribution in [2.24, 2.45) is 5.92 Å². The minimum absolute atomic E-state index is 0.126. The van der Waals surface area contributed by atoms with E-state index >= 15 is 0 Å². The summed E-state index contributed by atoms with van der Waals surface area (Å²) in [6.45, 7) is 3.40. The van der Waals surface area contributed by atoms with Crippen molar-refractivity contribution in [1.82, 2.24) is 4.90 Å². The van der Waals surface area contributed by atoms with Gasteiger partial charge in [-0.25, -0.2) is 4.79 Å². The lowest BCUT2D eigenvalue weighted by Crippen LogP contribution is -2.41. The molecule has 1 amide bonds. The number of para-hydroxylation sites is 2. The van der Waals surface area contributed by atoms with Gasteiger partial charge < -0.3 is 15.0 Å². The molecule has 1 fully saturated rings. The minimum atomic E-state index is -0.498. The van der Waals surface area contributed by atoms with Crippen molar-refractivity contribution in [3.8, 4) is 0 Å². The van der Waals surface area contributed by atoms with E-state index in [1.165, 1.54) is 0 Å². The molecule has 0 bridgehead atoms. The standard InChI is InChI=1S/C21H24N2O3/c1-16-8-7-13-23(14-16)20(24)15-26-21(25)18-11-5-6-12-19(18)22-17-9-3-2-4-10-17/h2-6,9-12,16,22H,7-8,13-15H2,1H3/t16-/m1/s1. The predicted molar refractivity (Wildman–Crippen MR) is 101 cm³/mol. The van der Waals surface area contributed by atoms with Crippen LogP contribution in [0.3, 0.4) is 0 Å². The maximum Gasteiger partial charge on any atom is 0.340 e. The lowest BCUT2D eigenvalue weighted by molar-refractivity contribution is -0.136. The SMILES string of the molecule is C[C@@H]1CCCN(C(=O)COC(=O)c2ccccc2Nc2ccccc2)C1. The number of hydrogen-bond donors (Lipinski definition) is 1. The zero-order chi connectivity index (χ0) is 18.4. The van der Waals surface area contributed by atoms with E-state index in [4.69, 9.17) is 4.74 Å². The number of carbonyl (C=O) groups is 2. The summed E-state index contributed by atoms with van der Waals surface area (Å²) in [6.07, 6.45) is 2.15. The Bertz CT molecular complexity index is 761. The Morgan fingerprint density at radius 3 is 2.62 bits per heavy atom. The fourth-order valence-electron chi connectivity index (χ4n) is 3.16. The highest BCUT2D eigenvalue weighted by Crippen LogP contribution is 2.21. The molecule has 1 atom stereocenters. The largest absolute Gasteiger partial charge is 0.452 e. The van der Waals surface area contributed by atoms with E-state index in [1.54, 1.807) is 17.0 Å². The fraction of sp³-hybridized carbons (Fsp3) is 0.333. The third-order valence-corrected chi connectivity index (χ3v) is 4.54. The summed E-state index contributed by atoms with van der Waals surface area (Å²) in [5.41, 5.74) is 1.95. The van der Waals surface area contributed by atoms with Crippen molar-refractivity contribution in [3.05, 3.63) is 60.2 Å². The maximum atomic E-state index is 12.5. The second-order valence-electron chi connectivity index (χ2n) is 6.70. The molecule has 5 heteroatoms. The van der Waals surface area contributed by atoms with Gasteiger partial charge in [0.25, 0.3) is 5.91 Å². The molecule has 1 aliphatic rings. The van der Waals surface area contributed by atoms with E-state index in [2.05, 4.69) is 12.2 Å². The molecule has 5 nitrogen and oxygen atoms in total. The number of nitrogens with zero attached hydrogens (tertiary/aromatic N) is 1. The van der Waals surface area contributed by atoms with Gasteiger partial charge in [0, 0.05) is 18.8 Å². The van der Waals surface area contributed by atoms with Crippen LogP contribution in [0.15, 0.2) is 54.6 Å². The van der Waals surface area contributed by atoms with Crippen molar-refractivity contribution in [1.29, 1.82) is 0 Å². The summed E-state index contributed by atoms with van der Waals surface area (Å²) in [4.78, 5) is 26.6. The first-order valence-electron chi connectivity index (χ1n) is 8.99. The summed E-state index contributed by atoms with van der Waals surface area (Å²) in [6, 6.07) is 16.7. The van der Waals surface area contributed by atoms with E-state index in [0.29, 0.717) is 17.2 Å². The number of esters is 1. The smallest absolute Gasteiger partial charge is 0.340 e. The molecule has 0 aliphatic carbocycles. The van der Waals surface area contributed by atoms with Crippen molar-refractivity contribution in [2.45, 2.75) is 19.8 Å². The third-order valence-electron chi connectivity index (χ3n) is 4.54. The normalized spacial score (nSPS) is 16.8. The van der Waals surface area contributed by atoms with Crippen molar-refractivity contribution in [2.75, 3.05) is 25.0 Å². The van der Waals surface area contributed by atoms with E-state index < -0.39 is 5.97 Å². The number of hydrogen-bond acceptors (Lipinski definition) is 4. The summed E-state index contributed by atoms with van der Waals surface area (Å²) in [7, 11) is 0. The fourth-order valence-corrected chi connectivity index (χ4v) is 3.16. The molecule has 1 saturated heterocycles. The Kier molecular flexibility index (Phi) is 5.89. The number of likely N-dealkylation sites (tertiary alicyclic amines) is 1. The number of carbonyl (C=O) groups excluding carboxylic acids is 2. The quantitative estimate of drug-likeness (QED) is 0.831. The molecule has 0 aromatic heterocycles. The van der Waals surface area contributed by atoms with Gasteiger partial charge in [-0.15, -0.1) is 0 Å². The lowest BCUT2D eigenvalue weighted by atomic mass is 10.0.